The maximum atomic E-state index is 12.4. The Morgan fingerprint density at radius 2 is 1.20 bits per heavy atom. The van der Waals surface area contributed by atoms with E-state index in [1.165, 1.54) is 12.8 Å². The molecule has 3 N–H and O–H groups in total. The minimum absolute atomic E-state index is 0.0511. The lowest BCUT2D eigenvalue weighted by atomic mass is 10.1. The minimum atomic E-state index is -4.36. The molecule has 0 aliphatic rings. The average molecular weight is 604 g/mol. The van der Waals surface area contributed by atoms with Gasteiger partial charge in [0.1, 0.15) is 6.61 Å². The summed E-state index contributed by atoms with van der Waals surface area (Å²) < 4.78 is 32.4. The number of phosphoric acid groups is 1. The first-order valence-corrected chi connectivity index (χ1v) is 17.3. The molecule has 0 aromatic heterocycles. The van der Waals surface area contributed by atoms with Gasteiger partial charge in [-0.25, -0.2) is 4.57 Å². The first kappa shape index (κ1) is 39.5. The number of ether oxygens (including phenoxy) is 2. The van der Waals surface area contributed by atoms with E-state index in [-0.39, 0.29) is 32.6 Å². The minimum Gasteiger partial charge on any atom is -0.462 e. The van der Waals surface area contributed by atoms with Crippen molar-refractivity contribution in [2.45, 2.75) is 136 Å². The third kappa shape index (κ3) is 28.4. The Hall–Kier alpha value is -1.51. The van der Waals surface area contributed by atoms with Crippen molar-refractivity contribution >= 4 is 19.8 Å². The van der Waals surface area contributed by atoms with E-state index in [0.29, 0.717) is 6.42 Å². The second kappa shape index (κ2) is 28.6. The number of carbonyl (C=O) groups is 2. The molecule has 0 aliphatic heterocycles. The van der Waals surface area contributed by atoms with Crippen LogP contribution in [0.4, 0.5) is 0 Å². The molecule has 9 nitrogen and oxygen atoms in total. The molecule has 0 saturated carbocycles. The van der Waals surface area contributed by atoms with E-state index >= 15 is 0 Å². The number of rotatable bonds is 29. The fraction of sp³-hybridized carbons (Fsp3) is 0.806. The molecule has 0 aromatic rings. The lowest BCUT2D eigenvalue weighted by Crippen LogP contribution is -2.29. The van der Waals surface area contributed by atoms with Crippen molar-refractivity contribution in [3.8, 4) is 0 Å². The number of nitrogens with two attached hydrogens (primary N) is 1. The lowest BCUT2D eigenvalue weighted by molar-refractivity contribution is -0.161. The van der Waals surface area contributed by atoms with Gasteiger partial charge in [0.2, 0.25) is 0 Å². The Bertz CT molecular complexity index is 744. The molecule has 10 heteroatoms. The van der Waals surface area contributed by atoms with Crippen molar-refractivity contribution in [2.75, 3.05) is 26.4 Å². The van der Waals surface area contributed by atoms with Crippen molar-refractivity contribution in [3.05, 3.63) is 24.3 Å². The molecule has 41 heavy (non-hydrogen) atoms. The third-order valence-corrected chi connectivity index (χ3v) is 7.26. The topological polar surface area (TPSA) is 134 Å². The number of unbranched alkanes of at least 4 members (excludes halogenated alkanes) is 12. The molecule has 0 fully saturated rings. The van der Waals surface area contributed by atoms with Crippen molar-refractivity contribution < 1.29 is 37.6 Å². The van der Waals surface area contributed by atoms with Crippen LogP contribution < -0.4 is 5.73 Å². The largest absolute Gasteiger partial charge is 0.472 e. The predicted molar refractivity (Wildman–Crippen MR) is 164 cm³/mol. The number of esters is 2. The highest BCUT2D eigenvalue weighted by molar-refractivity contribution is 7.47. The van der Waals surface area contributed by atoms with Crippen LogP contribution in [0.1, 0.15) is 129 Å². The van der Waals surface area contributed by atoms with Crippen LogP contribution in [0.25, 0.3) is 0 Å². The Balaban J connectivity index is 4.36. The molecule has 0 rings (SSSR count). The molecule has 0 aromatic carbocycles. The quantitative estimate of drug-likeness (QED) is 0.0381. The van der Waals surface area contributed by atoms with E-state index in [4.69, 9.17) is 24.3 Å². The van der Waals surface area contributed by atoms with Crippen molar-refractivity contribution in [3.63, 3.8) is 0 Å². The van der Waals surface area contributed by atoms with E-state index in [2.05, 4.69) is 38.2 Å². The fourth-order valence-corrected chi connectivity index (χ4v) is 4.70. The van der Waals surface area contributed by atoms with Gasteiger partial charge in [0.25, 0.3) is 0 Å². The summed E-state index contributed by atoms with van der Waals surface area (Å²) in [5, 5.41) is 0. The highest BCUT2D eigenvalue weighted by Gasteiger charge is 2.25. The summed E-state index contributed by atoms with van der Waals surface area (Å²) in [6.07, 6.45) is 25.1. The SMILES string of the molecule is CCC/C=C\CCCCCCCC(=O)OCC(COP(=O)(O)OCCN)OC(=O)CCCCCCC/C=C\CCC. The van der Waals surface area contributed by atoms with Crippen molar-refractivity contribution in [1.82, 2.24) is 0 Å². The van der Waals surface area contributed by atoms with Gasteiger partial charge in [0.15, 0.2) is 6.10 Å². The fourth-order valence-electron chi connectivity index (χ4n) is 3.93. The third-order valence-electron chi connectivity index (χ3n) is 6.27. The number of carbonyl (C=O) groups excluding carboxylic acids is 2. The lowest BCUT2D eigenvalue weighted by Gasteiger charge is -2.19. The molecule has 2 unspecified atom stereocenters. The Morgan fingerprint density at radius 1 is 0.707 bits per heavy atom. The standard InChI is InChI=1S/C31H58NO8P/c1-3-5-7-9-11-13-15-17-19-21-23-30(33)37-27-29(28-39-41(35,36)38-26-25-32)40-31(34)24-22-20-18-16-14-12-10-8-6-4-2/h7-10,29H,3-6,11-28,32H2,1-2H3,(H,35,36)/b9-7-,10-8-. The van der Waals surface area contributed by atoms with Gasteiger partial charge in [-0.05, 0) is 51.4 Å². The van der Waals surface area contributed by atoms with Gasteiger partial charge < -0.3 is 20.1 Å². The molecule has 0 heterocycles. The van der Waals surface area contributed by atoms with Crippen LogP contribution in [0.5, 0.6) is 0 Å². The molecule has 0 amide bonds. The molecule has 0 aliphatic carbocycles. The van der Waals surface area contributed by atoms with Gasteiger partial charge in [-0.15, -0.1) is 0 Å². The normalized spacial score (nSPS) is 14.0. The van der Waals surface area contributed by atoms with Crippen molar-refractivity contribution in [1.29, 1.82) is 0 Å². The van der Waals surface area contributed by atoms with Crippen LogP contribution in [0.3, 0.4) is 0 Å². The zero-order chi connectivity index (χ0) is 30.4. The van der Waals surface area contributed by atoms with E-state index in [9.17, 15) is 19.0 Å². The molecule has 0 radical (unpaired) electrons. The summed E-state index contributed by atoms with van der Waals surface area (Å²) in [6, 6.07) is 0. The Kier molecular flexibility index (Phi) is 27.5. The van der Waals surface area contributed by atoms with Crippen LogP contribution in [0, 0.1) is 0 Å². The average Bonchev–Trinajstić information content (AvgIpc) is 2.95. The Labute approximate surface area is 249 Å². The summed E-state index contributed by atoms with van der Waals surface area (Å²) in [6.45, 7) is 3.54. The summed E-state index contributed by atoms with van der Waals surface area (Å²) in [5.74, 6) is -0.859. The van der Waals surface area contributed by atoms with E-state index < -0.39 is 32.5 Å². The van der Waals surface area contributed by atoms with Gasteiger partial charge in [-0.1, -0.05) is 89.5 Å². The van der Waals surface area contributed by atoms with Crippen LogP contribution in [-0.2, 0) is 32.7 Å². The van der Waals surface area contributed by atoms with Gasteiger partial charge >= 0.3 is 19.8 Å². The van der Waals surface area contributed by atoms with Crippen molar-refractivity contribution in [2.24, 2.45) is 5.73 Å². The number of allylic oxidation sites excluding steroid dienone is 4. The molecule has 2 atom stereocenters. The molecule has 240 valence electrons. The van der Waals surface area contributed by atoms with Gasteiger partial charge in [0.05, 0.1) is 13.2 Å². The first-order valence-electron chi connectivity index (χ1n) is 15.8. The van der Waals surface area contributed by atoms with Crippen LogP contribution in [0.2, 0.25) is 0 Å². The summed E-state index contributed by atoms with van der Waals surface area (Å²) in [5.41, 5.74) is 5.30. The highest BCUT2D eigenvalue weighted by atomic mass is 31.2. The maximum absolute atomic E-state index is 12.4. The first-order chi connectivity index (χ1) is 19.8. The van der Waals surface area contributed by atoms with Crippen LogP contribution in [-0.4, -0.2) is 49.3 Å². The molecular formula is C31H58NO8P. The number of hydrogen-bond acceptors (Lipinski definition) is 8. The van der Waals surface area contributed by atoms with E-state index in [1.54, 1.807) is 0 Å². The molecular weight excluding hydrogens is 545 g/mol. The Morgan fingerprint density at radius 3 is 1.73 bits per heavy atom. The summed E-state index contributed by atoms with van der Waals surface area (Å²) in [4.78, 5) is 34.4. The van der Waals surface area contributed by atoms with Gasteiger partial charge in [0, 0.05) is 19.4 Å². The van der Waals surface area contributed by atoms with Gasteiger partial charge in [-0.3, -0.25) is 18.6 Å². The smallest absolute Gasteiger partial charge is 0.462 e. The molecule has 0 saturated heterocycles. The zero-order valence-electron chi connectivity index (χ0n) is 25.8. The second-order valence-corrected chi connectivity index (χ2v) is 11.8. The number of hydrogen-bond donors (Lipinski definition) is 2. The molecule has 0 spiro atoms. The maximum Gasteiger partial charge on any atom is 0.472 e. The van der Waals surface area contributed by atoms with E-state index in [0.717, 1.165) is 83.5 Å². The summed E-state index contributed by atoms with van der Waals surface area (Å²) >= 11 is 0. The van der Waals surface area contributed by atoms with Crippen LogP contribution in [0.15, 0.2) is 24.3 Å². The van der Waals surface area contributed by atoms with Gasteiger partial charge in [-0.2, -0.15) is 0 Å². The van der Waals surface area contributed by atoms with Crippen LogP contribution >= 0.6 is 7.82 Å². The highest BCUT2D eigenvalue weighted by Crippen LogP contribution is 2.43. The summed E-state index contributed by atoms with van der Waals surface area (Å²) in [7, 11) is -4.36. The second-order valence-electron chi connectivity index (χ2n) is 10.3. The monoisotopic (exact) mass is 603 g/mol. The van der Waals surface area contributed by atoms with E-state index in [1.807, 2.05) is 0 Å². The zero-order valence-corrected chi connectivity index (χ0v) is 26.7. The number of phosphoric ester groups is 1. The molecule has 0 bridgehead atoms. The predicted octanol–water partition coefficient (Wildman–Crippen LogP) is 7.71.